The van der Waals surface area contributed by atoms with Crippen molar-refractivity contribution in [2.24, 2.45) is 5.92 Å². The predicted octanol–water partition coefficient (Wildman–Crippen LogP) is 6.49. The molecule has 0 heterocycles. The van der Waals surface area contributed by atoms with E-state index in [1.807, 2.05) is 37.3 Å². The van der Waals surface area contributed by atoms with Crippen molar-refractivity contribution in [2.45, 2.75) is 48.1 Å². The van der Waals surface area contributed by atoms with E-state index >= 15 is 4.39 Å². The molecule has 1 aliphatic carbocycles. The summed E-state index contributed by atoms with van der Waals surface area (Å²) in [6.45, 7) is 1.87. The van der Waals surface area contributed by atoms with E-state index in [4.69, 9.17) is 4.74 Å². The lowest BCUT2D eigenvalue weighted by atomic mass is 9.77. The molecule has 11 heteroatoms. The standard InChI is InChI=1S/C29H27F4IN2O4/c1-17-7-9-20(10-8-17)28(16-18-5-3-2-4-6-18,36-27(39)35-23-11-19(12-23)25(37)38)21-13-22(30)15-24(14-21)40-29(33,34)26(31)32/h2-10,13-15,19,23,26H,11-12,16H2,1H3,(H,37,38)(H2,35,36,39)/t19?,23?,28-,29?/m1/s1. The van der Waals surface area contributed by atoms with Gasteiger partial charge in [0.2, 0.25) is 0 Å². The molecule has 0 aromatic heterocycles. The number of alkyl halides is 4. The molecule has 0 bridgehead atoms. The molecule has 2 amide bonds. The van der Waals surface area contributed by atoms with Crippen LogP contribution in [0, 0.1) is 18.7 Å². The van der Waals surface area contributed by atoms with Gasteiger partial charge in [-0.3, -0.25) is 4.79 Å². The fourth-order valence-electron chi connectivity index (χ4n) is 4.72. The Morgan fingerprint density at radius 1 is 1.05 bits per heavy atom. The number of halogens is 5. The summed E-state index contributed by atoms with van der Waals surface area (Å²) in [4.78, 5) is 24.6. The largest absolute Gasteiger partial charge is 0.481 e. The third-order valence-electron chi connectivity index (χ3n) is 6.88. The maximum absolute atomic E-state index is 15.0. The Hall–Kier alpha value is -3.35. The summed E-state index contributed by atoms with van der Waals surface area (Å²) in [5, 5.41) is 14.9. The van der Waals surface area contributed by atoms with Crippen molar-refractivity contribution in [1.82, 2.24) is 10.6 Å². The van der Waals surface area contributed by atoms with E-state index in [9.17, 15) is 27.9 Å². The van der Waals surface area contributed by atoms with Gasteiger partial charge in [0.15, 0.2) is 0 Å². The number of carbonyl (C=O) groups excluding carboxylic acids is 1. The number of amides is 2. The van der Waals surface area contributed by atoms with Crippen molar-refractivity contribution >= 4 is 34.6 Å². The average Bonchev–Trinajstić information content (AvgIpc) is 2.85. The second kappa shape index (κ2) is 12.0. The molecule has 1 aliphatic rings. The van der Waals surface area contributed by atoms with Crippen LogP contribution >= 0.6 is 22.6 Å². The van der Waals surface area contributed by atoms with Gasteiger partial charge in [0.05, 0.1) is 11.5 Å². The molecule has 3 N–H and O–H groups in total. The van der Waals surface area contributed by atoms with Gasteiger partial charge in [-0.2, -0.15) is 4.39 Å². The van der Waals surface area contributed by atoms with Crippen LogP contribution in [0.25, 0.3) is 0 Å². The molecule has 0 aliphatic heterocycles. The van der Waals surface area contributed by atoms with Crippen LogP contribution in [0.3, 0.4) is 0 Å². The highest BCUT2D eigenvalue weighted by Crippen LogP contribution is 2.39. The minimum absolute atomic E-state index is 0.107. The summed E-state index contributed by atoms with van der Waals surface area (Å²) < 4.78 is 57.3. The van der Waals surface area contributed by atoms with E-state index in [1.54, 1.807) is 24.3 Å². The Balaban J connectivity index is 1.81. The number of benzene rings is 3. The molecule has 3 aromatic carbocycles. The molecule has 2 atom stereocenters. The Kier molecular flexibility index (Phi) is 8.91. The van der Waals surface area contributed by atoms with E-state index < -0.39 is 45.3 Å². The van der Waals surface area contributed by atoms with Gasteiger partial charge in [0, 0.05) is 41.1 Å². The zero-order valence-electron chi connectivity index (χ0n) is 21.3. The van der Waals surface area contributed by atoms with Gasteiger partial charge in [-0.05, 0) is 48.6 Å². The minimum atomic E-state index is -3.51. The first-order valence-corrected chi connectivity index (χ1v) is 13.5. The third-order valence-corrected chi connectivity index (χ3v) is 7.57. The predicted molar refractivity (Wildman–Crippen MR) is 149 cm³/mol. The highest BCUT2D eigenvalue weighted by atomic mass is 127. The molecule has 1 saturated carbocycles. The zero-order valence-corrected chi connectivity index (χ0v) is 23.5. The van der Waals surface area contributed by atoms with E-state index in [0.717, 1.165) is 45.9 Å². The van der Waals surface area contributed by atoms with Crippen LogP contribution in [0.4, 0.5) is 22.4 Å². The Morgan fingerprint density at radius 2 is 1.70 bits per heavy atom. The Labute approximate surface area is 242 Å². The Bertz CT molecular complexity index is 1350. The van der Waals surface area contributed by atoms with Crippen molar-refractivity contribution in [3.63, 3.8) is 0 Å². The number of hydrogen-bond acceptors (Lipinski definition) is 3. The number of carbonyl (C=O) groups is 2. The summed E-state index contributed by atoms with van der Waals surface area (Å²) in [6.07, 6.45) is -2.88. The first-order chi connectivity index (χ1) is 18.9. The molecule has 212 valence electrons. The quantitative estimate of drug-likeness (QED) is 0.131. The molecule has 1 fully saturated rings. The summed E-state index contributed by atoms with van der Waals surface area (Å²) in [7, 11) is 0. The van der Waals surface area contributed by atoms with Crippen LogP contribution in [0.2, 0.25) is 0 Å². The second-order valence-corrected chi connectivity index (χ2v) is 11.3. The van der Waals surface area contributed by atoms with Crippen molar-refractivity contribution in [1.29, 1.82) is 0 Å². The molecule has 1 unspecified atom stereocenters. The Morgan fingerprint density at radius 3 is 2.30 bits per heavy atom. The normalized spacial score (nSPS) is 19.6. The lowest BCUT2D eigenvalue weighted by Gasteiger charge is -2.39. The molecule has 0 saturated heterocycles. The fourth-order valence-corrected chi connectivity index (χ4v) is 4.98. The number of aryl methyl sites for hydroxylation is 1. The maximum Gasteiger partial charge on any atom is 0.359 e. The molecule has 0 spiro atoms. The van der Waals surface area contributed by atoms with Crippen LogP contribution < -0.4 is 15.4 Å². The van der Waals surface area contributed by atoms with Crippen LogP contribution in [0.15, 0.2) is 72.8 Å². The molecule has 6 nitrogen and oxygen atoms in total. The summed E-state index contributed by atoms with van der Waals surface area (Å²) in [5.74, 6) is -2.86. The summed E-state index contributed by atoms with van der Waals surface area (Å²) >= 11 is 0.814. The van der Waals surface area contributed by atoms with Gasteiger partial charge < -0.3 is 20.5 Å². The molecule has 4 rings (SSSR count). The summed E-state index contributed by atoms with van der Waals surface area (Å²) in [5.41, 5.74) is 0.878. The topological polar surface area (TPSA) is 87.7 Å². The SMILES string of the molecule is Cc1ccc([C@@](Cc2ccccc2)(NC(=O)NC2CC(C(=O)O)C2)c2cc(F)cc(OC(F)(I)C(F)F)c2)cc1. The zero-order chi connectivity index (χ0) is 29.1. The molecule has 3 aromatic rings. The number of rotatable bonds is 10. The van der Waals surface area contributed by atoms with Crippen molar-refractivity contribution in [3.8, 4) is 5.75 Å². The summed E-state index contributed by atoms with van der Waals surface area (Å²) in [6, 6.07) is 18.3. The average molecular weight is 670 g/mol. The van der Waals surface area contributed by atoms with Crippen molar-refractivity contribution < 1.29 is 37.0 Å². The number of carboxylic acid groups (broad SMARTS) is 1. The highest BCUT2D eigenvalue weighted by Gasteiger charge is 2.42. The number of carboxylic acids is 1. The van der Waals surface area contributed by atoms with Gasteiger partial charge in [-0.1, -0.05) is 60.2 Å². The van der Waals surface area contributed by atoms with Gasteiger partial charge in [0.25, 0.3) is 0 Å². The number of aliphatic carboxylic acids is 1. The number of nitrogens with one attached hydrogen (secondary N) is 2. The lowest BCUT2D eigenvalue weighted by Crippen LogP contribution is -2.56. The monoisotopic (exact) mass is 670 g/mol. The molecule has 0 radical (unpaired) electrons. The first kappa shape index (κ1) is 29.6. The van der Waals surface area contributed by atoms with Crippen LogP contribution in [-0.2, 0) is 16.8 Å². The van der Waals surface area contributed by atoms with Gasteiger partial charge in [-0.25, -0.2) is 18.0 Å². The minimum Gasteiger partial charge on any atom is -0.481 e. The smallest absolute Gasteiger partial charge is 0.359 e. The fraction of sp³-hybridized carbons (Fsp3) is 0.310. The van der Waals surface area contributed by atoms with Crippen LogP contribution in [0.1, 0.15) is 35.1 Å². The first-order valence-electron chi connectivity index (χ1n) is 12.5. The number of ether oxygens (including phenoxy) is 1. The van der Waals surface area contributed by atoms with Crippen LogP contribution in [-0.4, -0.2) is 33.4 Å². The van der Waals surface area contributed by atoms with E-state index in [2.05, 4.69) is 10.6 Å². The maximum atomic E-state index is 15.0. The third kappa shape index (κ3) is 6.86. The second-order valence-electron chi connectivity index (χ2n) is 9.88. The van der Waals surface area contributed by atoms with Crippen LogP contribution in [0.5, 0.6) is 5.75 Å². The van der Waals surface area contributed by atoms with Crippen molar-refractivity contribution in [2.75, 3.05) is 0 Å². The van der Waals surface area contributed by atoms with Gasteiger partial charge in [-0.15, -0.1) is 0 Å². The van der Waals surface area contributed by atoms with E-state index in [-0.39, 0.29) is 30.9 Å². The van der Waals surface area contributed by atoms with Gasteiger partial charge in [0.1, 0.15) is 11.6 Å². The lowest BCUT2D eigenvalue weighted by molar-refractivity contribution is -0.145. The number of hydrogen-bond donors (Lipinski definition) is 3. The molecular formula is C29H27F4IN2O4. The van der Waals surface area contributed by atoms with E-state index in [0.29, 0.717) is 5.56 Å². The van der Waals surface area contributed by atoms with E-state index in [1.165, 1.54) is 6.07 Å². The highest BCUT2D eigenvalue weighted by molar-refractivity contribution is 14.1. The molecular weight excluding hydrogens is 643 g/mol. The number of urea groups is 1. The van der Waals surface area contributed by atoms with Gasteiger partial charge >= 0.3 is 22.3 Å². The molecule has 40 heavy (non-hydrogen) atoms. The van der Waals surface area contributed by atoms with Crippen molar-refractivity contribution in [3.05, 3.63) is 101 Å².